The van der Waals surface area contributed by atoms with Crippen LogP contribution in [0.15, 0.2) is 41.3 Å². The number of aryl methyl sites for hydroxylation is 1. The van der Waals surface area contributed by atoms with Crippen LogP contribution in [-0.4, -0.2) is 44.9 Å². The Morgan fingerprint density at radius 3 is 2.00 bits per heavy atom. The molecular weight excluding hydrogens is 478 g/mol. The number of carbonyl (C=O) groups excluding carboxylic acids is 1. The predicted octanol–water partition coefficient (Wildman–Crippen LogP) is 4.31. The van der Waals surface area contributed by atoms with Gasteiger partial charge in [0.2, 0.25) is 10.0 Å². The van der Waals surface area contributed by atoms with Crippen molar-refractivity contribution in [3.05, 3.63) is 58.7 Å². The molecule has 1 amide bonds. The summed E-state index contributed by atoms with van der Waals surface area (Å²) in [6.45, 7) is 2.08. The van der Waals surface area contributed by atoms with E-state index in [2.05, 4.69) is 0 Å². The lowest BCUT2D eigenvalue weighted by Crippen LogP contribution is -2.40. The zero-order valence-electron chi connectivity index (χ0n) is 17.0. The molecule has 0 spiro atoms. The molecule has 6 nitrogen and oxygen atoms in total. The van der Waals surface area contributed by atoms with Crippen LogP contribution < -0.4 is 5.32 Å². The molecule has 2 aromatic rings. The van der Waals surface area contributed by atoms with E-state index in [9.17, 15) is 39.6 Å². The number of halogens is 6. The summed E-state index contributed by atoms with van der Waals surface area (Å²) in [5, 5.41) is 1.99. The summed E-state index contributed by atoms with van der Waals surface area (Å²) in [7, 11) is -4.00. The van der Waals surface area contributed by atoms with Crippen LogP contribution in [0.1, 0.15) is 27.0 Å². The molecule has 0 saturated carbocycles. The molecule has 1 heterocycles. The van der Waals surface area contributed by atoms with Gasteiger partial charge in [-0.05, 0) is 42.8 Å². The Labute approximate surface area is 185 Å². The van der Waals surface area contributed by atoms with Gasteiger partial charge in [-0.2, -0.15) is 30.6 Å². The number of sulfonamides is 1. The predicted molar refractivity (Wildman–Crippen MR) is 105 cm³/mol. The largest absolute Gasteiger partial charge is 0.416 e. The van der Waals surface area contributed by atoms with Crippen molar-refractivity contribution in [2.24, 2.45) is 0 Å². The summed E-state index contributed by atoms with van der Waals surface area (Å²) in [5.74, 6) is -1.07. The molecule has 1 N–H and O–H groups in total. The van der Waals surface area contributed by atoms with Gasteiger partial charge >= 0.3 is 12.4 Å². The third-order valence-corrected chi connectivity index (χ3v) is 6.92. The topological polar surface area (TPSA) is 75.7 Å². The van der Waals surface area contributed by atoms with Gasteiger partial charge in [0.15, 0.2) is 0 Å². The number of amides is 1. The lowest BCUT2D eigenvalue weighted by molar-refractivity contribution is -0.143. The molecule has 3 rings (SSSR count). The SMILES string of the molecule is Cc1ccc(C(=O)Nc2cc(C(F)(F)F)cc(C(F)(F)F)c2)cc1S(=O)(=O)N1CCOCC1. The van der Waals surface area contributed by atoms with Crippen LogP contribution in [0.5, 0.6) is 0 Å². The maximum absolute atomic E-state index is 13.0. The molecule has 0 aromatic heterocycles. The van der Waals surface area contributed by atoms with Crippen molar-refractivity contribution < 1.29 is 44.3 Å². The second kappa shape index (κ2) is 8.95. The van der Waals surface area contributed by atoms with Gasteiger partial charge in [0, 0.05) is 24.3 Å². The van der Waals surface area contributed by atoms with Gasteiger partial charge < -0.3 is 10.1 Å². The van der Waals surface area contributed by atoms with Crippen LogP contribution in [0.3, 0.4) is 0 Å². The minimum absolute atomic E-state index is 0.0610. The van der Waals surface area contributed by atoms with Crippen molar-refractivity contribution in [3.8, 4) is 0 Å². The normalized spacial score (nSPS) is 16.0. The molecule has 180 valence electrons. The molecular formula is C20H18F6N2O4S. The third-order valence-electron chi connectivity index (χ3n) is 4.88. The first kappa shape index (κ1) is 25.0. The lowest BCUT2D eigenvalue weighted by atomic mass is 10.1. The second-order valence-corrected chi connectivity index (χ2v) is 9.15. The number of alkyl halides is 6. The summed E-state index contributed by atoms with van der Waals surface area (Å²) >= 11 is 0. The Bertz CT molecular complexity index is 1120. The van der Waals surface area contributed by atoms with Gasteiger partial charge in [-0.3, -0.25) is 4.79 Å². The van der Waals surface area contributed by atoms with Crippen molar-refractivity contribution in [2.45, 2.75) is 24.2 Å². The highest BCUT2D eigenvalue weighted by molar-refractivity contribution is 7.89. The van der Waals surface area contributed by atoms with Gasteiger partial charge in [0.1, 0.15) is 0 Å². The summed E-state index contributed by atoms with van der Waals surface area (Å²) in [6.07, 6.45) is -10.2. The number of anilines is 1. The van der Waals surface area contributed by atoms with Crippen molar-refractivity contribution in [1.29, 1.82) is 0 Å². The highest BCUT2D eigenvalue weighted by Gasteiger charge is 2.37. The fourth-order valence-corrected chi connectivity index (χ4v) is 4.83. The zero-order chi connectivity index (χ0) is 24.6. The standard InChI is InChI=1S/C20H18F6N2O4S/c1-12-2-3-13(8-17(12)33(30,31)28-4-6-32-7-5-28)18(29)27-16-10-14(19(21,22)23)9-15(11-16)20(24,25)26/h2-3,8-11H,4-7H2,1H3,(H,27,29). The number of carbonyl (C=O) groups is 1. The van der Waals surface area contributed by atoms with Crippen LogP contribution in [0, 0.1) is 6.92 Å². The number of morpholine rings is 1. The van der Waals surface area contributed by atoms with E-state index < -0.39 is 45.1 Å². The Hall–Kier alpha value is -2.64. The number of benzene rings is 2. The summed E-state index contributed by atoms with van der Waals surface area (Å²) < 4.78 is 110. The van der Waals surface area contributed by atoms with Crippen molar-refractivity contribution in [2.75, 3.05) is 31.6 Å². The average molecular weight is 496 g/mol. The molecule has 0 bridgehead atoms. The van der Waals surface area contributed by atoms with Crippen molar-refractivity contribution in [1.82, 2.24) is 4.31 Å². The maximum atomic E-state index is 13.0. The monoisotopic (exact) mass is 496 g/mol. The van der Waals surface area contributed by atoms with E-state index in [-0.39, 0.29) is 42.8 Å². The van der Waals surface area contributed by atoms with E-state index in [0.717, 1.165) is 6.07 Å². The Kier molecular flexibility index (Phi) is 6.78. The van der Waals surface area contributed by atoms with E-state index in [0.29, 0.717) is 17.7 Å². The summed E-state index contributed by atoms with van der Waals surface area (Å²) in [5.41, 5.74) is -3.85. The second-order valence-electron chi connectivity index (χ2n) is 7.25. The van der Waals surface area contributed by atoms with E-state index in [4.69, 9.17) is 4.74 Å². The quantitative estimate of drug-likeness (QED) is 0.641. The van der Waals surface area contributed by atoms with Crippen LogP contribution in [0.25, 0.3) is 0 Å². The van der Waals surface area contributed by atoms with Gasteiger partial charge in [-0.1, -0.05) is 6.07 Å². The summed E-state index contributed by atoms with van der Waals surface area (Å²) in [6, 6.07) is 4.26. The number of ether oxygens (including phenoxy) is 1. The Balaban J connectivity index is 1.95. The van der Waals surface area contributed by atoms with Crippen molar-refractivity contribution >= 4 is 21.6 Å². The average Bonchev–Trinajstić information content (AvgIpc) is 2.73. The molecule has 1 saturated heterocycles. The minimum Gasteiger partial charge on any atom is -0.379 e. The highest BCUT2D eigenvalue weighted by atomic mass is 32.2. The fourth-order valence-electron chi connectivity index (χ4n) is 3.18. The first-order valence-electron chi connectivity index (χ1n) is 9.49. The molecule has 1 fully saturated rings. The zero-order valence-corrected chi connectivity index (χ0v) is 17.9. The smallest absolute Gasteiger partial charge is 0.379 e. The molecule has 0 radical (unpaired) electrons. The van der Waals surface area contributed by atoms with Crippen molar-refractivity contribution in [3.63, 3.8) is 0 Å². The first-order chi connectivity index (χ1) is 15.2. The maximum Gasteiger partial charge on any atom is 0.416 e. The number of hydrogen-bond acceptors (Lipinski definition) is 4. The Morgan fingerprint density at radius 1 is 0.939 bits per heavy atom. The van der Waals surface area contributed by atoms with Gasteiger partial charge in [0.05, 0.1) is 29.2 Å². The van der Waals surface area contributed by atoms with Crippen LogP contribution in [-0.2, 0) is 27.1 Å². The molecule has 1 aliphatic heterocycles. The molecule has 13 heteroatoms. The molecule has 0 unspecified atom stereocenters. The van der Waals surface area contributed by atoms with E-state index >= 15 is 0 Å². The first-order valence-corrected chi connectivity index (χ1v) is 10.9. The van der Waals surface area contributed by atoms with Gasteiger partial charge in [-0.15, -0.1) is 0 Å². The lowest BCUT2D eigenvalue weighted by Gasteiger charge is -2.26. The number of nitrogens with one attached hydrogen (secondary N) is 1. The number of hydrogen-bond donors (Lipinski definition) is 1. The van der Waals surface area contributed by atoms with E-state index in [1.54, 1.807) is 0 Å². The van der Waals surface area contributed by atoms with E-state index in [1.807, 2.05) is 5.32 Å². The number of nitrogens with zero attached hydrogens (tertiary/aromatic N) is 1. The fraction of sp³-hybridized carbons (Fsp3) is 0.350. The molecule has 1 aliphatic rings. The van der Waals surface area contributed by atoms with Crippen LogP contribution in [0.2, 0.25) is 0 Å². The van der Waals surface area contributed by atoms with Crippen LogP contribution >= 0.6 is 0 Å². The number of rotatable bonds is 4. The third kappa shape index (κ3) is 5.65. The van der Waals surface area contributed by atoms with Gasteiger partial charge in [-0.25, -0.2) is 8.42 Å². The van der Waals surface area contributed by atoms with E-state index in [1.165, 1.54) is 23.4 Å². The van der Waals surface area contributed by atoms with Gasteiger partial charge in [0.25, 0.3) is 5.91 Å². The van der Waals surface area contributed by atoms with Crippen LogP contribution in [0.4, 0.5) is 32.0 Å². The Morgan fingerprint density at radius 2 is 1.48 bits per heavy atom. The molecule has 0 atom stereocenters. The molecule has 33 heavy (non-hydrogen) atoms. The summed E-state index contributed by atoms with van der Waals surface area (Å²) in [4.78, 5) is 12.4. The highest BCUT2D eigenvalue weighted by Crippen LogP contribution is 2.37. The molecule has 0 aliphatic carbocycles. The molecule has 2 aromatic carbocycles. The minimum atomic E-state index is -5.08.